The molecule has 2 N–H and O–H groups in total. The summed E-state index contributed by atoms with van der Waals surface area (Å²) in [5.74, 6) is -0.781. The molecule has 0 saturated heterocycles. The molecule has 1 saturated carbocycles. The van der Waals surface area contributed by atoms with Crippen LogP contribution in [-0.2, 0) is 27.2 Å². The van der Waals surface area contributed by atoms with Gasteiger partial charge in [0.25, 0.3) is 5.91 Å². The van der Waals surface area contributed by atoms with E-state index in [1.807, 2.05) is 72.8 Å². The second-order valence-electron chi connectivity index (χ2n) is 12.0. The van der Waals surface area contributed by atoms with E-state index in [4.69, 9.17) is 5.73 Å². The topological polar surface area (TPSA) is 90.2 Å². The molecule has 1 aliphatic carbocycles. The van der Waals surface area contributed by atoms with Crippen LogP contribution in [0, 0.1) is 0 Å². The van der Waals surface area contributed by atoms with Gasteiger partial charge in [0.1, 0.15) is 12.1 Å². The minimum Gasteiger partial charge on any atom is -0.332 e. The first-order valence-corrected chi connectivity index (χ1v) is 14.9. The summed E-state index contributed by atoms with van der Waals surface area (Å²) in [6, 6.07) is 22.2. The summed E-state index contributed by atoms with van der Waals surface area (Å²) in [4.78, 5) is 44.6. The van der Waals surface area contributed by atoms with Crippen LogP contribution in [0.15, 0.2) is 84.9 Å². The van der Waals surface area contributed by atoms with Gasteiger partial charge < -0.3 is 15.5 Å². The number of hydrogen-bond donors (Lipinski definition) is 1. The van der Waals surface area contributed by atoms with Crippen LogP contribution in [0.2, 0.25) is 0 Å². The van der Waals surface area contributed by atoms with E-state index < -0.39 is 12.1 Å². The maximum atomic E-state index is 14.4. The minimum absolute atomic E-state index is 0.211. The van der Waals surface area contributed by atoms with Crippen molar-refractivity contribution < 1.29 is 14.4 Å². The van der Waals surface area contributed by atoms with Crippen molar-refractivity contribution >= 4 is 28.5 Å². The summed E-state index contributed by atoms with van der Waals surface area (Å²) < 4.78 is 0. The predicted octanol–water partition coefficient (Wildman–Crippen LogP) is 4.04. The molecule has 0 aliphatic heterocycles. The Morgan fingerprint density at radius 1 is 0.767 bits per heavy atom. The van der Waals surface area contributed by atoms with Crippen LogP contribution in [0.5, 0.6) is 0 Å². The highest BCUT2D eigenvalue weighted by molar-refractivity contribution is 5.95. The van der Waals surface area contributed by atoms with E-state index >= 15 is 0 Å². The van der Waals surface area contributed by atoms with E-state index in [0.717, 1.165) is 41.2 Å². The van der Waals surface area contributed by atoms with Gasteiger partial charge in [-0.3, -0.25) is 19.4 Å². The van der Waals surface area contributed by atoms with Crippen molar-refractivity contribution in [1.29, 1.82) is 0 Å². The number of hydrazine groups is 1. The SMILES string of the molecule is CN(C(=O)[C@H](Cc1ccc2ccccc2c1)N(C)C(=O)/C=C/CC1(N)CCC1)[C@H](Cc1ccccc1)C(=O)N(C)N(C)C. The minimum atomic E-state index is -0.824. The maximum absolute atomic E-state index is 14.4. The Labute approximate surface area is 255 Å². The molecule has 0 heterocycles. The van der Waals surface area contributed by atoms with Gasteiger partial charge in [0.05, 0.1) is 0 Å². The Bertz CT molecular complexity index is 1450. The lowest BCUT2D eigenvalue weighted by molar-refractivity contribution is -0.154. The summed E-state index contributed by atoms with van der Waals surface area (Å²) in [6.07, 6.45) is 7.65. The third kappa shape index (κ3) is 7.89. The van der Waals surface area contributed by atoms with Crippen LogP contribution in [-0.4, -0.2) is 90.4 Å². The zero-order valence-electron chi connectivity index (χ0n) is 26.1. The summed E-state index contributed by atoms with van der Waals surface area (Å²) in [7, 11) is 8.59. The molecule has 4 rings (SSSR count). The van der Waals surface area contributed by atoms with Crippen LogP contribution >= 0.6 is 0 Å². The second-order valence-corrected chi connectivity index (χ2v) is 12.0. The van der Waals surface area contributed by atoms with Crippen LogP contribution in [0.25, 0.3) is 10.8 Å². The largest absolute Gasteiger partial charge is 0.332 e. The quantitative estimate of drug-likeness (QED) is 0.257. The number of likely N-dealkylation sites (N-methyl/N-ethyl adjacent to an activating group) is 3. The molecular weight excluding hydrogens is 538 g/mol. The Hall–Kier alpha value is -4.01. The van der Waals surface area contributed by atoms with Crippen LogP contribution in [0.3, 0.4) is 0 Å². The highest BCUT2D eigenvalue weighted by Gasteiger charge is 2.36. The Morgan fingerprint density at radius 2 is 1.37 bits per heavy atom. The smallest absolute Gasteiger partial charge is 0.259 e. The summed E-state index contributed by atoms with van der Waals surface area (Å²) in [5.41, 5.74) is 7.99. The first-order chi connectivity index (χ1) is 20.5. The molecule has 228 valence electrons. The van der Waals surface area contributed by atoms with Crippen molar-refractivity contribution in [2.45, 2.75) is 56.1 Å². The fourth-order valence-electron chi connectivity index (χ4n) is 5.51. The summed E-state index contributed by atoms with van der Waals surface area (Å²) in [5, 5.41) is 5.37. The van der Waals surface area contributed by atoms with Crippen molar-refractivity contribution in [3.63, 3.8) is 0 Å². The number of carbonyl (C=O) groups is 3. The molecule has 0 spiro atoms. The van der Waals surface area contributed by atoms with Crippen molar-refractivity contribution in [3.05, 3.63) is 96.1 Å². The first kappa shape index (κ1) is 31.9. The van der Waals surface area contributed by atoms with E-state index in [-0.39, 0.29) is 23.3 Å². The Balaban J connectivity index is 1.64. The molecule has 43 heavy (non-hydrogen) atoms. The van der Waals surface area contributed by atoms with Crippen molar-refractivity contribution in [3.8, 4) is 0 Å². The zero-order chi connectivity index (χ0) is 31.1. The van der Waals surface area contributed by atoms with Gasteiger partial charge in [0, 0.05) is 53.6 Å². The number of carbonyl (C=O) groups excluding carboxylic acids is 3. The number of amides is 3. The fraction of sp³-hybridized carbons (Fsp3) is 0.400. The average molecular weight is 584 g/mol. The van der Waals surface area contributed by atoms with E-state index in [2.05, 4.69) is 6.07 Å². The number of benzene rings is 3. The van der Waals surface area contributed by atoms with Gasteiger partial charge in [0.15, 0.2) is 0 Å². The highest BCUT2D eigenvalue weighted by Crippen LogP contribution is 2.32. The van der Waals surface area contributed by atoms with Crippen molar-refractivity contribution in [2.24, 2.45) is 5.73 Å². The third-order valence-electron chi connectivity index (χ3n) is 8.77. The van der Waals surface area contributed by atoms with E-state index in [9.17, 15) is 14.4 Å². The molecule has 3 amide bonds. The van der Waals surface area contributed by atoms with E-state index in [1.54, 1.807) is 40.2 Å². The van der Waals surface area contributed by atoms with Crippen LogP contribution in [0.1, 0.15) is 36.8 Å². The van der Waals surface area contributed by atoms with Gasteiger partial charge in [-0.1, -0.05) is 78.9 Å². The van der Waals surface area contributed by atoms with E-state index in [1.165, 1.54) is 20.9 Å². The van der Waals surface area contributed by atoms with Gasteiger partial charge in [-0.25, -0.2) is 5.01 Å². The molecule has 0 bridgehead atoms. The molecule has 1 fully saturated rings. The molecule has 3 aromatic rings. The van der Waals surface area contributed by atoms with Gasteiger partial charge in [-0.05, 0) is 53.7 Å². The molecule has 8 heteroatoms. The molecule has 0 unspecified atom stereocenters. The molecular formula is C35H45N5O3. The zero-order valence-corrected chi connectivity index (χ0v) is 26.1. The van der Waals surface area contributed by atoms with Gasteiger partial charge in [0.2, 0.25) is 11.8 Å². The Kier molecular flexibility index (Phi) is 10.4. The third-order valence-corrected chi connectivity index (χ3v) is 8.77. The molecule has 1 aliphatic rings. The number of fused-ring (bicyclic) bond motifs is 1. The molecule has 8 nitrogen and oxygen atoms in total. The van der Waals surface area contributed by atoms with Crippen molar-refractivity contribution in [2.75, 3.05) is 35.2 Å². The summed E-state index contributed by atoms with van der Waals surface area (Å²) >= 11 is 0. The molecule has 0 radical (unpaired) electrons. The standard InChI is InChI=1S/C35H45N5O3/c1-37(2)40(5)34(43)31(24-26-13-7-6-8-14-26)39(4)33(42)30(25-27-18-19-28-15-9-10-16-29(28)23-27)38(3)32(41)17-11-20-35(36)21-12-22-35/h6-11,13-19,23,30-31H,12,20-22,24-25,36H2,1-5H3/b17-11+/t30-,31+/m0/s1. The van der Waals surface area contributed by atoms with Gasteiger partial charge in [-0.15, -0.1) is 0 Å². The molecule has 3 aromatic carbocycles. The number of nitrogens with zero attached hydrogens (tertiary/aromatic N) is 4. The highest BCUT2D eigenvalue weighted by atomic mass is 16.2. The van der Waals surface area contributed by atoms with Gasteiger partial charge >= 0.3 is 0 Å². The second kappa shape index (κ2) is 14.0. The predicted molar refractivity (Wildman–Crippen MR) is 172 cm³/mol. The van der Waals surface area contributed by atoms with Gasteiger partial charge in [-0.2, -0.15) is 0 Å². The first-order valence-electron chi connectivity index (χ1n) is 14.9. The fourth-order valence-corrected chi connectivity index (χ4v) is 5.51. The lowest BCUT2D eigenvalue weighted by atomic mass is 9.75. The normalized spacial score (nSPS) is 15.6. The summed E-state index contributed by atoms with van der Waals surface area (Å²) in [6.45, 7) is 0. The number of nitrogens with two attached hydrogens (primary N) is 1. The lowest BCUT2D eigenvalue weighted by Crippen LogP contribution is -2.57. The van der Waals surface area contributed by atoms with Crippen LogP contribution < -0.4 is 5.73 Å². The lowest BCUT2D eigenvalue weighted by Gasteiger charge is -2.37. The Morgan fingerprint density at radius 3 is 2.00 bits per heavy atom. The average Bonchev–Trinajstić information content (AvgIpc) is 3.00. The van der Waals surface area contributed by atoms with Crippen LogP contribution in [0.4, 0.5) is 0 Å². The van der Waals surface area contributed by atoms with E-state index in [0.29, 0.717) is 19.3 Å². The number of rotatable bonds is 12. The van der Waals surface area contributed by atoms with Crippen molar-refractivity contribution in [1.82, 2.24) is 19.8 Å². The molecule has 2 atom stereocenters. The number of hydrogen-bond acceptors (Lipinski definition) is 5. The maximum Gasteiger partial charge on any atom is 0.259 e. The molecule has 0 aromatic heterocycles. The monoisotopic (exact) mass is 583 g/mol.